The Morgan fingerprint density at radius 3 is 2.32 bits per heavy atom. The monoisotopic (exact) mass is 497 g/mol. The fraction of sp³-hybridized carbons (Fsp3) is 0.267. The van der Waals surface area contributed by atoms with Gasteiger partial charge in [0.05, 0.1) is 23.1 Å². The number of imide groups is 1. The van der Waals surface area contributed by atoms with Crippen LogP contribution in [0.5, 0.6) is 0 Å². The molecular formula is C30H24FNO5. The molecular weight excluding hydrogens is 473 g/mol. The molecule has 2 aliphatic carbocycles. The van der Waals surface area contributed by atoms with Gasteiger partial charge in [-0.25, -0.2) is 9.18 Å². The smallest absolute Gasteiger partial charge is 0.338 e. The summed E-state index contributed by atoms with van der Waals surface area (Å²) >= 11 is 0. The number of hydrogen-bond donors (Lipinski definition) is 0. The van der Waals surface area contributed by atoms with Gasteiger partial charge < -0.3 is 4.74 Å². The van der Waals surface area contributed by atoms with Crippen LogP contribution in [0, 0.1) is 29.5 Å². The molecule has 0 N–H and O–H groups in total. The van der Waals surface area contributed by atoms with E-state index in [1.807, 2.05) is 18.2 Å². The van der Waals surface area contributed by atoms with Crippen molar-refractivity contribution in [1.82, 2.24) is 0 Å². The molecule has 2 saturated carbocycles. The Kier molecular flexibility index (Phi) is 5.71. The third-order valence-electron chi connectivity index (χ3n) is 8.08. The van der Waals surface area contributed by atoms with Gasteiger partial charge in [0.25, 0.3) is 0 Å². The summed E-state index contributed by atoms with van der Waals surface area (Å²) in [6.45, 7) is -0.509. The van der Waals surface area contributed by atoms with Crippen LogP contribution in [-0.4, -0.2) is 30.2 Å². The first-order chi connectivity index (χ1) is 17.9. The van der Waals surface area contributed by atoms with E-state index in [2.05, 4.69) is 12.1 Å². The van der Waals surface area contributed by atoms with Crippen LogP contribution >= 0.6 is 0 Å². The van der Waals surface area contributed by atoms with Gasteiger partial charge in [-0.15, -0.1) is 0 Å². The van der Waals surface area contributed by atoms with Crippen LogP contribution in [0.1, 0.15) is 45.0 Å². The van der Waals surface area contributed by atoms with E-state index in [1.165, 1.54) is 34.7 Å². The minimum Gasteiger partial charge on any atom is -0.454 e. The molecule has 5 atom stereocenters. The summed E-state index contributed by atoms with van der Waals surface area (Å²) in [5.41, 5.74) is 1.91. The summed E-state index contributed by atoms with van der Waals surface area (Å²) in [5, 5.41) is 0. The molecule has 3 aromatic carbocycles. The van der Waals surface area contributed by atoms with E-state index in [0.717, 1.165) is 25.0 Å². The normalized spacial score (nSPS) is 25.9. The molecule has 3 aliphatic rings. The van der Waals surface area contributed by atoms with Crippen molar-refractivity contribution in [3.05, 3.63) is 101 Å². The zero-order valence-electron chi connectivity index (χ0n) is 19.9. The molecule has 2 amide bonds. The first-order valence-corrected chi connectivity index (χ1v) is 12.4. The van der Waals surface area contributed by atoms with Gasteiger partial charge in [0.1, 0.15) is 5.82 Å². The summed E-state index contributed by atoms with van der Waals surface area (Å²) in [6, 6.07) is 21.3. The summed E-state index contributed by atoms with van der Waals surface area (Å²) in [5.74, 6) is -2.19. The third-order valence-corrected chi connectivity index (χ3v) is 8.08. The largest absolute Gasteiger partial charge is 0.454 e. The molecule has 1 heterocycles. The SMILES string of the molecule is O=C(COC(=O)c1cccc(N2C(=O)[C@@H]3[C@@H]4C[C@H]([C@H]3C2=O)[C@@H](c2ccccc2)C4)c1)c1ccc(F)cc1. The molecule has 2 bridgehead atoms. The summed E-state index contributed by atoms with van der Waals surface area (Å²) < 4.78 is 18.2. The van der Waals surface area contributed by atoms with Crippen molar-refractivity contribution in [3.8, 4) is 0 Å². The molecule has 6 rings (SSSR count). The maximum Gasteiger partial charge on any atom is 0.338 e. The Bertz CT molecular complexity index is 1400. The van der Waals surface area contributed by atoms with Gasteiger partial charge in [0, 0.05) is 5.56 Å². The number of rotatable bonds is 6. The maximum atomic E-state index is 13.6. The molecule has 3 aromatic rings. The van der Waals surface area contributed by atoms with Crippen LogP contribution in [-0.2, 0) is 14.3 Å². The number of ketones is 1. The number of amides is 2. The Morgan fingerprint density at radius 1 is 0.838 bits per heavy atom. The van der Waals surface area contributed by atoms with Crippen molar-refractivity contribution in [2.75, 3.05) is 11.5 Å². The second-order valence-corrected chi connectivity index (χ2v) is 10.0. The molecule has 1 saturated heterocycles. The number of benzene rings is 3. The fourth-order valence-electron chi connectivity index (χ4n) is 6.50. The van der Waals surface area contributed by atoms with Gasteiger partial charge in [-0.3, -0.25) is 19.3 Å². The van der Waals surface area contributed by atoms with E-state index < -0.39 is 24.2 Å². The Labute approximate surface area is 213 Å². The number of halogens is 1. The molecule has 6 nitrogen and oxygen atoms in total. The number of nitrogens with zero attached hydrogens (tertiary/aromatic N) is 1. The molecule has 186 valence electrons. The van der Waals surface area contributed by atoms with E-state index in [4.69, 9.17) is 4.74 Å². The highest BCUT2D eigenvalue weighted by molar-refractivity contribution is 6.23. The average Bonchev–Trinajstić information content (AvgIpc) is 3.59. The van der Waals surface area contributed by atoms with Crippen LogP contribution in [0.25, 0.3) is 0 Å². The number of carbonyl (C=O) groups excluding carboxylic acids is 4. The van der Waals surface area contributed by atoms with Crippen LogP contribution in [0.15, 0.2) is 78.9 Å². The third kappa shape index (κ3) is 3.95. The lowest BCUT2D eigenvalue weighted by Gasteiger charge is -2.28. The van der Waals surface area contributed by atoms with Crippen molar-refractivity contribution in [3.63, 3.8) is 0 Å². The lowest BCUT2D eigenvalue weighted by atomic mass is 9.73. The predicted octanol–water partition coefficient (Wildman–Crippen LogP) is 4.79. The zero-order valence-corrected chi connectivity index (χ0v) is 19.9. The van der Waals surface area contributed by atoms with Crippen LogP contribution in [0.3, 0.4) is 0 Å². The lowest BCUT2D eigenvalue weighted by molar-refractivity contribution is -0.123. The highest BCUT2D eigenvalue weighted by Crippen LogP contribution is 2.61. The standard InChI is InChI=1S/C30H24FNO5/c31-21-11-9-18(10-12-21)25(33)16-37-30(36)19-7-4-8-22(13-19)32-28(34)26-20-14-23(17-5-2-1-3-6-17)24(15-20)27(26)29(32)35/h1-13,20,23-24,26-27H,14-16H2/t20-,23+,24-,26+,27+/m0/s1. The van der Waals surface area contributed by atoms with Crippen molar-refractivity contribution < 1.29 is 28.3 Å². The minimum absolute atomic E-state index is 0.129. The van der Waals surface area contributed by atoms with Crippen molar-refractivity contribution in [2.24, 2.45) is 23.7 Å². The quantitative estimate of drug-likeness (QED) is 0.278. The van der Waals surface area contributed by atoms with Gasteiger partial charge in [-0.05, 0) is 78.6 Å². The van der Waals surface area contributed by atoms with Gasteiger partial charge in [0.2, 0.25) is 11.8 Å². The van der Waals surface area contributed by atoms with Gasteiger partial charge >= 0.3 is 5.97 Å². The van der Waals surface area contributed by atoms with Gasteiger partial charge in [-0.1, -0.05) is 36.4 Å². The Balaban J connectivity index is 1.18. The predicted molar refractivity (Wildman–Crippen MR) is 132 cm³/mol. The van der Waals surface area contributed by atoms with E-state index >= 15 is 0 Å². The highest BCUT2D eigenvalue weighted by atomic mass is 19.1. The first kappa shape index (κ1) is 23.3. The number of Topliss-reactive ketones (excluding diaryl/α,β-unsaturated/α-hetero) is 1. The molecule has 37 heavy (non-hydrogen) atoms. The fourth-order valence-corrected chi connectivity index (χ4v) is 6.50. The van der Waals surface area contributed by atoms with E-state index in [0.29, 0.717) is 5.69 Å². The van der Waals surface area contributed by atoms with Crippen LogP contribution in [0.2, 0.25) is 0 Å². The summed E-state index contributed by atoms with van der Waals surface area (Å²) in [6.07, 6.45) is 1.78. The second kappa shape index (κ2) is 9.07. The van der Waals surface area contributed by atoms with E-state index in [1.54, 1.807) is 12.1 Å². The van der Waals surface area contributed by atoms with Gasteiger partial charge in [0.15, 0.2) is 12.4 Å². The molecule has 0 aromatic heterocycles. The summed E-state index contributed by atoms with van der Waals surface area (Å²) in [7, 11) is 0. The minimum atomic E-state index is -0.749. The van der Waals surface area contributed by atoms with Crippen LogP contribution < -0.4 is 4.90 Å². The molecule has 3 fully saturated rings. The molecule has 7 heteroatoms. The Morgan fingerprint density at radius 2 is 1.57 bits per heavy atom. The Hall–Kier alpha value is -4.13. The van der Waals surface area contributed by atoms with Crippen molar-refractivity contribution >= 4 is 29.3 Å². The summed E-state index contributed by atoms with van der Waals surface area (Å²) in [4.78, 5) is 53.1. The topological polar surface area (TPSA) is 80.8 Å². The average molecular weight is 498 g/mol. The number of fused-ring (bicyclic) bond motifs is 5. The molecule has 0 radical (unpaired) electrons. The number of ether oxygens (including phenoxy) is 1. The van der Waals surface area contributed by atoms with Gasteiger partial charge in [-0.2, -0.15) is 0 Å². The second-order valence-electron chi connectivity index (χ2n) is 10.0. The molecule has 1 aliphatic heterocycles. The zero-order chi connectivity index (χ0) is 25.7. The number of esters is 1. The van der Waals surface area contributed by atoms with Crippen LogP contribution in [0.4, 0.5) is 10.1 Å². The maximum absolute atomic E-state index is 13.6. The first-order valence-electron chi connectivity index (χ1n) is 12.4. The van der Waals surface area contributed by atoms with Crippen molar-refractivity contribution in [2.45, 2.75) is 18.8 Å². The molecule has 0 unspecified atom stereocenters. The lowest BCUT2D eigenvalue weighted by Crippen LogP contribution is -2.33. The molecule has 0 spiro atoms. The van der Waals surface area contributed by atoms with Crippen molar-refractivity contribution in [1.29, 1.82) is 0 Å². The van der Waals surface area contributed by atoms with E-state index in [9.17, 15) is 23.6 Å². The number of anilines is 1. The number of hydrogen-bond acceptors (Lipinski definition) is 5. The highest BCUT2D eigenvalue weighted by Gasteiger charge is 2.64. The number of carbonyl (C=O) groups is 4. The van der Waals surface area contributed by atoms with E-state index in [-0.39, 0.29) is 52.5 Å².